The van der Waals surface area contributed by atoms with Crippen LogP contribution in [0, 0.1) is 13.8 Å². The Morgan fingerprint density at radius 3 is 2.48 bits per heavy atom. The minimum Gasteiger partial charge on any atom is -0.482 e. The summed E-state index contributed by atoms with van der Waals surface area (Å²) in [6.07, 6.45) is 1.47. The molecule has 0 radical (unpaired) electrons. The number of carbonyl (C=O) groups excluding carboxylic acids is 2. The Morgan fingerprint density at radius 1 is 0.955 bits per heavy atom. The van der Waals surface area contributed by atoms with Gasteiger partial charge in [0, 0.05) is 32.9 Å². The Bertz CT molecular complexity index is 1820. The van der Waals surface area contributed by atoms with Gasteiger partial charge in [-0.05, 0) is 91.2 Å². The molecule has 0 aliphatic heterocycles. The number of aryl methyl sites for hydroxylation is 2. The van der Waals surface area contributed by atoms with Gasteiger partial charge in [-0.15, -0.1) is 11.3 Å². The Morgan fingerprint density at radius 2 is 1.73 bits per heavy atom. The number of ether oxygens (including phenoxy) is 1. The lowest BCUT2D eigenvalue weighted by Gasteiger charge is -2.11. The Hall–Kier alpha value is -4.70. The van der Waals surface area contributed by atoms with Crippen molar-refractivity contribution >= 4 is 69.1 Å². The van der Waals surface area contributed by atoms with Crippen molar-refractivity contribution in [3.05, 3.63) is 123 Å². The standard InChI is InChI=1S/C33H27Cl2N5O3S/c1-20-3-4-21(2)28(15-20)38-31(41)18-43-30-14-5-22(16-27(30)35)17-36-40-32(42)24-8-6-23(7-9-24)29-19-44-33(39-29)37-26-12-10-25(34)11-13-26/h3-17,19H,18H2,1-2H3,(H,37,39)(H,38,41)(H,40,42)/b36-17-. The summed E-state index contributed by atoms with van der Waals surface area (Å²) >= 11 is 13.8. The average molecular weight is 645 g/mol. The first kappa shape index (κ1) is 30.7. The molecule has 0 atom stereocenters. The van der Waals surface area contributed by atoms with E-state index in [4.69, 9.17) is 27.9 Å². The highest BCUT2D eigenvalue weighted by atomic mass is 35.5. The number of amides is 2. The van der Waals surface area contributed by atoms with Crippen molar-refractivity contribution in [2.45, 2.75) is 13.8 Å². The predicted octanol–water partition coefficient (Wildman–Crippen LogP) is 8.26. The number of rotatable bonds is 10. The van der Waals surface area contributed by atoms with Gasteiger partial charge < -0.3 is 15.4 Å². The fourth-order valence-corrected chi connectivity index (χ4v) is 5.17. The molecule has 2 amide bonds. The minimum absolute atomic E-state index is 0.195. The van der Waals surface area contributed by atoms with Crippen LogP contribution in [-0.2, 0) is 4.79 Å². The van der Waals surface area contributed by atoms with Crippen LogP contribution in [0.1, 0.15) is 27.0 Å². The number of thiazole rings is 1. The van der Waals surface area contributed by atoms with E-state index in [1.54, 1.807) is 30.3 Å². The van der Waals surface area contributed by atoms with E-state index < -0.39 is 0 Å². The van der Waals surface area contributed by atoms with Crippen molar-refractivity contribution in [3.8, 4) is 17.0 Å². The van der Waals surface area contributed by atoms with E-state index in [0.717, 1.165) is 38.9 Å². The third-order valence-corrected chi connectivity index (χ3v) is 7.71. The normalized spacial score (nSPS) is 10.9. The number of anilines is 3. The molecule has 0 aliphatic carbocycles. The van der Waals surface area contributed by atoms with Crippen molar-refractivity contribution < 1.29 is 14.3 Å². The zero-order valence-corrected chi connectivity index (χ0v) is 26.1. The van der Waals surface area contributed by atoms with Gasteiger partial charge >= 0.3 is 0 Å². The maximum Gasteiger partial charge on any atom is 0.271 e. The molecule has 0 spiro atoms. The fraction of sp³-hybridized carbons (Fsp3) is 0.0909. The number of carbonyl (C=O) groups is 2. The highest BCUT2D eigenvalue weighted by Crippen LogP contribution is 2.28. The molecule has 1 aromatic heterocycles. The van der Waals surface area contributed by atoms with Gasteiger partial charge in [-0.2, -0.15) is 5.10 Å². The highest BCUT2D eigenvalue weighted by molar-refractivity contribution is 7.14. The second kappa shape index (κ2) is 14.2. The number of halogens is 2. The SMILES string of the molecule is Cc1ccc(C)c(NC(=O)COc2ccc(/C=N\NC(=O)c3ccc(-c4csc(Nc5ccc(Cl)cc5)n4)cc3)cc2Cl)c1. The van der Waals surface area contributed by atoms with Crippen molar-refractivity contribution in [2.24, 2.45) is 5.10 Å². The third kappa shape index (κ3) is 8.23. The van der Waals surface area contributed by atoms with Crippen LogP contribution >= 0.6 is 34.5 Å². The molecule has 0 aliphatic rings. The lowest BCUT2D eigenvalue weighted by atomic mass is 10.1. The van der Waals surface area contributed by atoms with Crippen LogP contribution in [-0.4, -0.2) is 29.6 Å². The van der Waals surface area contributed by atoms with E-state index in [0.29, 0.717) is 26.9 Å². The third-order valence-electron chi connectivity index (χ3n) is 6.40. The number of nitrogens with zero attached hydrogens (tertiary/aromatic N) is 2. The second-order valence-corrected chi connectivity index (χ2v) is 11.5. The monoisotopic (exact) mass is 643 g/mol. The maximum absolute atomic E-state index is 12.6. The number of nitrogens with one attached hydrogen (secondary N) is 3. The molecule has 0 unspecified atom stereocenters. The Kier molecular flexibility index (Phi) is 9.91. The number of benzene rings is 4. The van der Waals surface area contributed by atoms with Crippen LogP contribution in [0.5, 0.6) is 5.75 Å². The van der Waals surface area contributed by atoms with Crippen LogP contribution in [0.2, 0.25) is 10.0 Å². The van der Waals surface area contributed by atoms with Crippen molar-refractivity contribution in [1.82, 2.24) is 10.4 Å². The molecule has 5 aromatic rings. The van der Waals surface area contributed by atoms with Crippen LogP contribution in [0.15, 0.2) is 95.4 Å². The predicted molar refractivity (Wildman–Crippen MR) is 179 cm³/mol. The topological polar surface area (TPSA) is 105 Å². The number of hydrogen-bond donors (Lipinski definition) is 3. The van der Waals surface area contributed by atoms with Gasteiger partial charge in [0.25, 0.3) is 11.8 Å². The molecular formula is C33H27Cl2N5O3S. The summed E-state index contributed by atoms with van der Waals surface area (Å²) in [5.74, 6) is -0.298. The number of hydrogen-bond acceptors (Lipinski definition) is 7. The van der Waals surface area contributed by atoms with Gasteiger partial charge in [-0.3, -0.25) is 9.59 Å². The average Bonchev–Trinajstić information content (AvgIpc) is 3.48. The molecule has 4 aromatic carbocycles. The van der Waals surface area contributed by atoms with Crippen LogP contribution in [0.25, 0.3) is 11.3 Å². The van der Waals surface area contributed by atoms with Gasteiger partial charge in [-0.1, -0.05) is 47.5 Å². The summed E-state index contributed by atoms with van der Waals surface area (Å²) in [6, 6.07) is 25.3. The van der Waals surface area contributed by atoms with E-state index in [-0.39, 0.29) is 18.4 Å². The van der Waals surface area contributed by atoms with E-state index in [1.165, 1.54) is 17.6 Å². The van der Waals surface area contributed by atoms with Crippen molar-refractivity contribution in [2.75, 3.05) is 17.2 Å². The Balaban J connectivity index is 1.11. The van der Waals surface area contributed by atoms with Gasteiger partial charge in [0.05, 0.1) is 16.9 Å². The quantitative estimate of drug-likeness (QED) is 0.105. The first-order valence-electron chi connectivity index (χ1n) is 13.4. The first-order chi connectivity index (χ1) is 21.2. The number of aromatic nitrogens is 1. The lowest BCUT2D eigenvalue weighted by Crippen LogP contribution is -2.20. The zero-order chi connectivity index (χ0) is 31.1. The number of hydrazone groups is 1. The largest absolute Gasteiger partial charge is 0.482 e. The molecular weight excluding hydrogens is 617 g/mol. The van der Waals surface area contributed by atoms with Crippen LogP contribution < -0.4 is 20.8 Å². The van der Waals surface area contributed by atoms with Crippen LogP contribution in [0.4, 0.5) is 16.5 Å². The molecule has 11 heteroatoms. The summed E-state index contributed by atoms with van der Waals surface area (Å²) in [5.41, 5.74) is 8.92. The summed E-state index contributed by atoms with van der Waals surface area (Å²) in [4.78, 5) is 29.6. The zero-order valence-electron chi connectivity index (χ0n) is 23.7. The minimum atomic E-state index is -0.364. The van der Waals surface area contributed by atoms with Crippen LogP contribution in [0.3, 0.4) is 0 Å². The summed E-state index contributed by atoms with van der Waals surface area (Å²) < 4.78 is 5.60. The first-order valence-corrected chi connectivity index (χ1v) is 15.1. The van der Waals surface area contributed by atoms with Gasteiger partial charge in [-0.25, -0.2) is 10.4 Å². The van der Waals surface area contributed by atoms with Gasteiger partial charge in [0.1, 0.15) is 5.75 Å². The molecule has 222 valence electrons. The second-order valence-electron chi connectivity index (χ2n) is 9.79. The highest BCUT2D eigenvalue weighted by Gasteiger charge is 2.10. The molecule has 5 rings (SSSR count). The lowest BCUT2D eigenvalue weighted by molar-refractivity contribution is -0.118. The molecule has 44 heavy (non-hydrogen) atoms. The Labute approximate surface area is 268 Å². The van der Waals surface area contributed by atoms with E-state index in [2.05, 4.69) is 26.1 Å². The fourth-order valence-electron chi connectivity index (χ4n) is 4.06. The molecule has 0 bridgehead atoms. The summed E-state index contributed by atoms with van der Waals surface area (Å²) in [7, 11) is 0. The molecule has 0 saturated heterocycles. The van der Waals surface area contributed by atoms with Gasteiger partial charge in [0.15, 0.2) is 11.7 Å². The molecule has 0 saturated carbocycles. The van der Waals surface area contributed by atoms with E-state index in [1.807, 2.05) is 73.8 Å². The molecule has 8 nitrogen and oxygen atoms in total. The van der Waals surface area contributed by atoms with E-state index >= 15 is 0 Å². The molecule has 1 heterocycles. The molecule has 0 fully saturated rings. The molecule has 3 N–H and O–H groups in total. The summed E-state index contributed by atoms with van der Waals surface area (Å²) in [6.45, 7) is 3.69. The van der Waals surface area contributed by atoms with E-state index in [9.17, 15) is 9.59 Å². The van der Waals surface area contributed by atoms with Gasteiger partial charge in [0.2, 0.25) is 0 Å². The maximum atomic E-state index is 12.6. The van der Waals surface area contributed by atoms with Crippen molar-refractivity contribution in [1.29, 1.82) is 0 Å². The smallest absolute Gasteiger partial charge is 0.271 e. The van der Waals surface area contributed by atoms with Crippen molar-refractivity contribution in [3.63, 3.8) is 0 Å². The summed E-state index contributed by atoms with van der Waals surface area (Å²) in [5, 5.41) is 13.8.